The molecule has 1 saturated heterocycles. The van der Waals surface area contributed by atoms with E-state index in [1.165, 1.54) is 11.1 Å². The number of aliphatic carboxylic acids is 1. The first-order valence-corrected chi connectivity index (χ1v) is 7.53. The van der Waals surface area contributed by atoms with Crippen LogP contribution in [0.25, 0.3) is 0 Å². The largest absolute Gasteiger partial charge is 0.481 e. The summed E-state index contributed by atoms with van der Waals surface area (Å²) in [4.78, 5) is 13.4. The number of carboxylic acid groups (broad SMARTS) is 1. The minimum atomic E-state index is -0.641. The molecule has 0 aromatic heterocycles. The molecule has 1 fully saturated rings. The number of hydrogen-bond acceptors (Lipinski definition) is 2. The van der Waals surface area contributed by atoms with Crippen LogP contribution in [0.1, 0.15) is 50.7 Å². The zero-order valence-corrected chi connectivity index (χ0v) is 12.7. The van der Waals surface area contributed by atoms with E-state index < -0.39 is 5.97 Å². The van der Waals surface area contributed by atoms with Crippen LogP contribution in [0.15, 0.2) is 24.3 Å². The van der Waals surface area contributed by atoms with Crippen molar-refractivity contribution in [3.05, 3.63) is 35.4 Å². The highest BCUT2D eigenvalue weighted by Gasteiger charge is 2.29. The van der Waals surface area contributed by atoms with Crippen molar-refractivity contribution in [2.45, 2.75) is 52.1 Å². The Balaban J connectivity index is 1.95. The van der Waals surface area contributed by atoms with Gasteiger partial charge in [-0.2, -0.15) is 0 Å². The summed E-state index contributed by atoms with van der Waals surface area (Å²) in [5.74, 6) is -0.239. The molecule has 0 spiro atoms. The second-order valence-electron chi connectivity index (χ2n) is 6.28. The molecular weight excluding hydrogens is 250 g/mol. The Morgan fingerprint density at radius 1 is 1.35 bits per heavy atom. The Bertz CT molecular complexity index is 453. The van der Waals surface area contributed by atoms with Gasteiger partial charge in [-0.25, -0.2) is 0 Å². The molecule has 1 N–H and O–H groups in total. The summed E-state index contributed by atoms with van der Waals surface area (Å²) in [5, 5.41) is 9.10. The van der Waals surface area contributed by atoms with E-state index in [4.69, 9.17) is 5.11 Å². The normalized spacial score (nSPS) is 24.0. The van der Waals surface area contributed by atoms with Gasteiger partial charge in [0, 0.05) is 12.6 Å². The van der Waals surface area contributed by atoms with Gasteiger partial charge < -0.3 is 5.11 Å². The number of likely N-dealkylation sites (tertiary alicyclic amines) is 1. The molecule has 2 rings (SSSR count). The van der Waals surface area contributed by atoms with Crippen molar-refractivity contribution in [2.75, 3.05) is 6.54 Å². The fraction of sp³-hybridized carbons (Fsp3) is 0.588. The summed E-state index contributed by atoms with van der Waals surface area (Å²) in [5.41, 5.74) is 2.68. The first kappa shape index (κ1) is 15.0. The average molecular weight is 275 g/mol. The lowest BCUT2D eigenvalue weighted by Crippen LogP contribution is -2.42. The van der Waals surface area contributed by atoms with Crippen LogP contribution in [0.2, 0.25) is 0 Å². The lowest BCUT2D eigenvalue weighted by atomic mass is 9.91. The third-order valence-corrected chi connectivity index (χ3v) is 4.40. The third-order valence-electron chi connectivity index (χ3n) is 4.40. The molecule has 2 atom stereocenters. The average Bonchev–Trinajstić information content (AvgIpc) is 2.41. The third kappa shape index (κ3) is 3.60. The molecule has 0 aliphatic carbocycles. The van der Waals surface area contributed by atoms with E-state index in [9.17, 15) is 4.79 Å². The standard InChI is InChI=1S/C17H25NO2/c1-12(2)15-6-4-14(5-7-15)11-18-9-8-16(17(19)20)10-13(18)3/h4-7,12-13,16H,8-11H2,1-3H3,(H,19,20). The van der Waals surface area contributed by atoms with Crippen LogP contribution in [-0.2, 0) is 11.3 Å². The molecule has 0 bridgehead atoms. The van der Waals surface area contributed by atoms with Gasteiger partial charge in [0.15, 0.2) is 0 Å². The van der Waals surface area contributed by atoms with E-state index in [0.29, 0.717) is 12.0 Å². The van der Waals surface area contributed by atoms with Crippen molar-refractivity contribution in [3.63, 3.8) is 0 Å². The predicted molar refractivity (Wildman–Crippen MR) is 80.8 cm³/mol. The Labute approximate surface area is 121 Å². The van der Waals surface area contributed by atoms with E-state index in [1.54, 1.807) is 0 Å². The molecule has 3 nitrogen and oxygen atoms in total. The minimum Gasteiger partial charge on any atom is -0.481 e. The van der Waals surface area contributed by atoms with Gasteiger partial charge >= 0.3 is 5.97 Å². The number of carbonyl (C=O) groups is 1. The summed E-state index contributed by atoms with van der Waals surface area (Å²) < 4.78 is 0. The number of nitrogens with zero attached hydrogens (tertiary/aromatic N) is 1. The van der Waals surface area contributed by atoms with Crippen LogP contribution in [0, 0.1) is 5.92 Å². The van der Waals surface area contributed by atoms with Gasteiger partial charge in [0.05, 0.1) is 5.92 Å². The van der Waals surface area contributed by atoms with Crippen molar-refractivity contribution >= 4 is 5.97 Å². The Kier molecular flexibility index (Phi) is 4.81. The van der Waals surface area contributed by atoms with Crippen LogP contribution in [0.3, 0.4) is 0 Å². The lowest BCUT2D eigenvalue weighted by molar-refractivity contribution is -0.144. The van der Waals surface area contributed by atoms with Gasteiger partial charge in [-0.3, -0.25) is 9.69 Å². The monoisotopic (exact) mass is 275 g/mol. The molecule has 1 aromatic rings. The zero-order chi connectivity index (χ0) is 14.7. The molecule has 1 aliphatic heterocycles. The SMILES string of the molecule is CC(C)c1ccc(CN2CCC(C(=O)O)CC2C)cc1. The van der Waals surface area contributed by atoms with Crippen molar-refractivity contribution in [1.29, 1.82) is 0 Å². The van der Waals surface area contributed by atoms with E-state index in [2.05, 4.69) is 49.9 Å². The molecule has 2 unspecified atom stereocenters. The van der Waals surface area contributed by atoms with Crippen molar-refractivity contribution in [2.24, 2.45) is 5.92 Å². The van der Waals surface area contributed by atoms with Crippen molar-refractivity contribution in [1.82, 2.24) is 4.90 Å². The number of carboxylic acids is 1. The molecule has 0 amide bonds. The highest BCUT2D eigenvalue weighted by molar-refractivity contribution is 5.70. The van der Waals surface area contributed by atoms with E-state index in [-0.39, 0.29) is 5.92 Å². The molecule has 110 valence electrons. The summed E-state index contributed by atoms with van der Waals surface area (Å²) >= 11 is 0. The molecule has 1 heterocycles. The van der Waals surface area contributed by atoms with Gasteiger partial charge in [0.2, 0.25) is 0 Å². The number of rotatable bonds is 4. The highest BCUT2D eigenvalue weighted by atomic mass is 16.4. The minimum absolute atomic E-state index is 0.162. The van der Waals surface area contributed by atoms with Crippen LogP contribution in [0.4, 0.5) is 0 Å². The van der Waals surface area contributed by atoms with Crippen molar-refractivity contribution in [3.8, 4) is 0 Å². The van der Waals surface area contributed by atoms with Crippen molar-refractivity contribution < 1.29 is 9.90 Å². The second kappa shape index (κ2) is 6.40. The van der Waals surface area contributed by atoms with E-state index in [1.807, 2.05) is 0 Å². The van der Waals surface area contributed by atoms with Crippen LogP contribution >= 0.6 is 0 Å². The predicted octanol–water partition coefficient (Wildman–Crippen LogP) is 3.50. The second-order valence-corrected chi connectivity index (χ2v) is 6.28. The Morgan fingerprint density at radius 3 is 2.50 bits per heavy atom. The maximum absolute atomic E-state index is 11.0. The van der Waals surface area contributed by atoms with Gasteiger partial charge in [-0.1, -0.05) is 38.1 Å². The number of hydrogen-bond donors (Lipinski definition) is 1. The number of piperidine rings is 1. The maximum atomic E-state index is 11.0. The fourth-order valence-electron chi connectivity index (χ4n) is 2.92. The number of benzene rings is 1. The highest BCUT2D eigenvalue weighted by Crippen LogP contribution is 2.25. The van der Waals surface area contributed by atoms with Gasteiger partial charge in [0.25, 0.3) is 0 Å². The Hall–Kier alpha value is -1.35. The molecule has 0 radical (unpaired) electrons. The van der Waals surface area contributed by atoms with Gasteiger partial charge in [-0.15, -0.1) is 0 Å². The summed E-state index contributed by atoms with van der Waals surface area (Å²) in [6, 6.07) is 9.15. The Morgan fingerprint density at radius 2 is 2.00 bits per heavy atom. The molecule has 1 aliphatic rings. The summed E-state index contributed by atoms with van der Waals surface area (Å²) in [6.07, 6.45) is 1.53. The molecule has 0 saturated carbocycles. The zero-order valence-electron chi connectivity index (χ0n) is 12.7. The fourth-order valence-corrected chi connectivity index (χ4v) is 2.92. The van der Waals surface area contributed by atoms with E-state index in [0.717, 1.165) is 25.9 Å². The smallest absolute Gasteiger partial charge is 0.306 e. The van der Waals surface area contributed by atoms with Crippen LogP contribution in [-0.4, -0.2) is 28.6 Å². The molecule has 1 aromatic carbocycles. The summed E-state index contributed by atoms with van der Waals surface area (Å²) in [7, 11) is 0. The lowest BCUT2D eigenvalue weighted by Gasteiger charge is -2.36. The topological polar surface area (TPSA) is 40.5 Å². The maximum Gasteiger partial charge on any atom is 0.306 e. The first-order chi connectivity index (χ1) is 9.47. The van der Waals surface area contributed by atoms with Gasteiger partial charge in [-0.05, 0) is 43.4 Å². The van der Waals surface area contributed by atoms with Crippen LogP contribution in [0.5, 0.6) is 0 Å². The quantitative estimate of drug-likeness (QED) is 0.914. The van der Waals surface area contributed by atoms with Gasteiger partial charge in [0.1, 0.15) is 0 Å². The van der Waals surface area contributed by atoms with Crippen LogP contribution < -0.4 is 0 Å². The molecule has 20 heavy (non-hydrogen) atoms. The first-order valence-electron chi connectivity index (χ1n) is 7.53. The molecule has 3 heteroatoms. The molecular formula is C17H25NO2. The summed E-state index contributed by atoms with van der Waals surface area (Å²) in [6.45, 7) is 8.34. The van der Waals surface area contributed by atoms with E-state index >= 15 is 0 Å².